The summed E-state index contributed by atoms with van der Waals surface area (Å²) in [5, 5.41) is 10.2. The van der Waals surface area contributed by atoms with Crippen molar-refractivity contribution in [2.75, 3.05) is 40.5 Å². The maximum absolute atomic E-state index is 12.2. The molecule has 6 heteroatoms. The number of ether oxygens (including phenoxy) is 3. The molecule has 2 aromatic carbocycles. The first kappa shape index (κ1) is 25.2. The Morgan fingerprint density at radius 2 is 1.70 bits per heavy atom. The zero-order valence-electron chi connectivity index (χ0n) is 20.0. The van der Waals surface area contributed by atoms with Gasteiger partial charge in [0.1, 0.15) is 5.75 Å². The summed E-state index contributed by atoms with van der Waals surface area (Å²) in [5.74, 6) is 0.148. The SMILES string of the molecule is CCCC(=O)N1CCC(C(CO)COC(OC)(c2ccccc2)c2ccc(OC)cc2)CC1. The fourth-order valence-corrected chi connectivity index (χ4v) is 4.65. The average Bonchev–Trinajstić information content (AvgIpc) is 2.88. The van der Waals surface area contributed by atoms with Crippen LogP contribution in [0.1, 0.15) is 43.7 Å². The van der Waals surface area contributed by atoms with Crippen LogP contribution in [0.5, 0.6) is 5.75 Å². The Bertz CT molecular complexity index is 849. The number of piperidine rings is 1. The van der Waals surface area contributed by atoms with Crippen LogP contribution in [0.15, 0.2) is 54.6 Å². The van der Waals surface area contributed by atoms with Gasteiger partial charge in [0.25, 0.3) is 0 Å². The molecule has 6 nitrogen and oxygen atoms in total. The third-order valence-electron chi connectivity index (χ3n) is 6.67. The summed E-state index contributed by atoms with van der Waals surface area (Å²) in [7, 11) is 3.28. The molecular weight excluding hydrogens is 418 g/mol. The maximum atomic E-state index is 12.2. The number of methoxy groups -OCH3 is 2. The Hall–Kier alpha value is -2.41. The summed E-state index contributed by atoms with van der Waals surface area (Å²) in [4.78, 5) is 14.2. The molecule has 1 saturated heterocycles. The van der Waals surface area contributed by atoms with E-state index in [9.17, 15) is 9.90 Å². The second kappa shape index (κ2) is 12.2. The van der Waals surface area contributed by atoms with Crippen molar-refractivity contribution in [1.82, 2.24) is 4.90 Å². The van der Waals surface area contributed by atoms with E-state index in [1.807, 2.05) is 66.4 Å². The summed E-state index contributed by atoms with van der Waals surface area (Å²) in [5.41, 5.74) is 1.74. The number of amides is 1. The first-order valence-corrected chi connectivity index (χ1v) is 11.9. The zero-order valence-corrected chi connectivity index (χ0v) is 20.0. The van der Waals surface area contributed by atoms with Gasteiger partial charge in [-0.15, -0.1) is 0 Å². The molecule has 33 heavy (non-hydrogen) atoms. The number of carbonyl (C=O) groups excluding carboxylic acids is 1. The van der Waals surface area contributed by atoms with Gasteiger partial charge in [0, 0.05) is 50.3 Å². The lowest BCUT2D eigenvalue weighted by Gasteiger charge is -2.38. The van der Waals surface area contributed by atoms with E-state index in [1.165, 1.54) is 0 Å². The first-order chi connectivity index (χ1) is 16.1. The van der Waals surface area contributed by atoms with E-state index in [4.69, 9.17) is 14.2 Å². The van der Waals surface area contributed by atoms with Gasteiger partial charge in [0.05, 0.1) is 13.7 Å². The minimum Gasteiger partial charge on any atom is -0.497 e. The molecule has 1 aliphatic rings. The van der Waals surface area contributed by atoms with Crippen molar-refractivity contribution in [3.05, 3.63) is 65.7 Å². The monoisotopic (exact) mass is 455 g/mol. The van der Waals surface area contributed by atoms with Gasteiger partial charge in [-0.05, 0) is 49.4 Å². The van der Waals surface area contributed by atoms with Crippen LogP contribution in [0.25, 0.3) is 0 Å². The van der Waals surface area contributed by atoms with Crippen LogP contribution in [0.3, 0.4) is 0 Å². The van der Waals surface area contributed by atoms with Gasteiger partial charge < -0.3 is 24.2 Å². The number of aliphatic hydroxyl groups excluding tert-OH is 1. The van der Waals surface area contributed by atoms with Crippen LogP contribution in [-0.4, -0.2) is 56.4 Å². The smallest absolute Gasteiger partial charge is 0.222 e. The van der Waals surface area contributed by atoms with Crippen molar-refractivity contribution in [3.63, 3.8) is 0 Å². The number of hydrogen-bond donors (Lipinski definition) is 1. The number of likely N-dealkylation sites (tertiary alicyclic amines) is 1. The molecule has 180 valence electrons. The molecule has 2 unspecified atom stereocenters. The summed E-state index contributed by atoms with van der Waals surface area (Å²) in [6, 6.07) is 17.5. The predicted octanol–water partition coefficient (Wildman–Crippen LogP) is 4.21. The van der Waals surface area contributed by atoms with Gasteiger partial charge in [-0.2, -0.15) is 0 Å². The van der Waals surface area contributed by atoms with Crippen molar-refractivity contribution in [2.45, 2.75) is 38.4 Å². The van der Waals surface area contributed by atoms with Gasteiger partial charge >= 0.3 is 0 Å². The predicted molar refractivity (Wildman–Crippen MR) is 128 cm³/mol. The average molecular weight is 456 g/mol. The van der Waals surface area contributed by atoms with Crippen molar-refractivity contribution < 1.29 is 24.1 Å². The number of carbonyl (C=O) groups is 1. The Kier molecular flexibility index (Phi) is 9.30. The van der Waals surface area contributed by atoms with Gasteiger partial charge in [-0.25, -0.2) is 0 Å². The van der Waals surface area contributed by atoms with E-state index >= 15 is 0 Å². The minimum atomic E-state index is -1.10. The number of rotatable bonds is 11. The number of hydrogen-bond acceptors (Lipinski definition) is 5. The van der Waals surface area contributed by atoms with E-state index in [-0.39, 0.29) is 18.4 Å². The summed E-state index contributed by atoms with van der Waals surface area (Å²) in [6.45, 7) is 3.89. The second-order valence-electron chi connectivity index (χ2n) is 8.64. The molecule has 1 heterocycles. The largest absolute Gasteiger partial charge is 0.497 e. The summed E-state index contributed by atoms with van der Waals surface area (Å²) < 4.78 is 17.9. The summed E-state index contributed by atoms with van der Waals surface area (Å²) in [6.07, 6.45) is 3.22. The molecule has 0 aliphatic carbocycles. The van der Waals surface area contributed by atoms with Crippen LogP contribution < -0.4 is 4.74 Å². The topological polar surface area (TPSA) is 68.2 Å². The fourth-order valence-electron chi connectivity index (χ4n) is 4.65. The van der Waals surface area contributed by atoms with Gasteiger partial charge in [-0.3, -0.25) is 4.79 Å². The molecule has 1 aliphatic heterocycles. The Morgan fingerprint density at radius 1 is 1.06 bits per heavy atom. The zero-order chi connectivity index (χ0) is 23.7. The van der Waals surface area contributed by atoms with Gasteiger partial charge in [0.2, 0.25) is 11.7 Å². The van der Waals surface area contributed by atoms with Crippen molar-refractivity contribution in [2.24, 2.45) is 11.8 Å². The fraction of sp³-hybridized carbons (Fsp3) is 0.519. The lowest BCUT2D eigenvalue weighted by molar-refractivity contribution is -0.213. The number of benzene rings is 2. The number of nitrogens with zero attached hydrogens (tertiary/aromatic N) is 1. The molecule has 0 bridgehead atoms. The molecule has 1 fully saturated rings. The minimum absolute atomic E-state index is 0.0325. The molecule has 2 aromatic rings. The molecular formula is C27H37NO5. The Morgan fingerprint density at radius 3 is 2.24 bits per heavy atom. The van der Waals surface area contributed by atoms with Crippen molar-refractivity contribution in [1.29, 1.82) is 0 Å². The lowest BCUT2D eigenvalue weighted by atomic mass is 9.85. The molecule has 2 atom stereocenters. The molecule has 1 N–H and O–H groups in total. The van der Waals surface area contributed by atoms with E-state index in [2.05, 4.69) is 0 Å². The van der Waals surface area contributed by atoms with Gasteiger partial charge in [-0.1, -0.05) is 37.3 Å². The van der Waals surface area contributed by atoms with Crippen LogP contribution in [-0.2, 0) is 20.1 Å². The van der Waals surface area contributed by atoms with Crippen molar-refractivity contribution in [3.8, 4) is 5.75 Å². The van der Waals surface area contributed by atoms with E-state index in [0.717, 1.165) is 49.2 Å². The van der Waals surface area contributed by atoms with Crippen molar-refractivity contribution >= 4 is 5.91 Å². The van der Waals surface area contributed by atoms with Crippen LogP contribution >= 0.6 is 0 Å². The van der Waals surface area contributed by atoms with Gasteiger partial charge in [0.15, 0.2) is 0 Å². The van der Waals surface area contributed by atoms with E-state index in [1.54, 1.807) is 14.2 Å². The normalized spacial score (nSPS) is 17.4. The third kappa shape index (κ3) is 5.94. The standard InChI is InChI=1S/C27H37NO5/c1-4-8-26(30)28-17-15-21(16-18-28)22(19-29)20-33-27(32-3,23-9-6-5-7-10-23)24-11-13-25(31-2)14-12-24/h5-7,9-14,21-22,29H,4,8,15-20H2,1-3H3. The highest BCUT2D eigenvalue weighted by molar-refractivity contribution is 5.76. The lowest BCUT2D eigenvalue weighted by Crippen LogP contribution is -2.42. The summed E-state index contributed by atoms with van der Waals surface area (Å²) >= 11 is 0. The molecule has 0 saturated carbocycles. The maximum Gasteiger partial charge on any atom is 0.222 e. The molecule has 0 aromatic heterocycles. The second-order valence-corrected chi connectivity index (χ2v) is 8.64. The Balaban J connectivity index is 1.76. The highest BCUT2D eigenvalue weighted by Crippen LogP contribution is 2.37. The van der Waals surface area contributed by atoms with Crippen LogP contribution in [0.2, 0.25) is 0 Å². The molecule has 1 amide bonds. The number of aliphatic hydroxyl groups is 1. The molecule has 0 spiro atoms. The van der Waals surface area contributed by atoms with E-state index in [0.29, 0.717) is 18.9 Å². The highest BCUT2D eigenvalue weighted by atomic mass is 16.7. The van der Waals surface area contributed by atoms with Crippen LogP contribution in [0, 0.1) is 11.8 Å². The highest BCUT2D eigenvalue weighted by Gasteiger charge is 2.38. The molecule has 0 radical (unpaired) electrons. The third-order valence-corrected chi connectivity index (χ3v) is 6.67. The van der Waals surface area contributed by atoms with Crippen LogP contribution in [0.4, 0.5) is 0 Å². The first-order valence-electron chi connectivity index (χ1n) is 11.9. The van der Waals surface area contributed by atoms with E-state index < -0.39 is 5.79 Å². The Labute approximate surface area is 197 Å². The molecule has 3 rings (SSSR count). The quantitative estimate of drug-likeness (QED) is 0.514.